The summed E-state index contributed by atoms with van der Waals surface area (Å²) in [7, 11) is 1.60. The van der Waals surface area contributed by atoms with E-state index in [2.05, 4.69) is 38.1 Å². The molecule has 4 rings (SSSR count). The number of ether oxygens (including phenoxy) is 2. The van der Waals surface area contributed by atoms with Crippen LogP contribution in [0.1, 0.15) is 54.3 Å². The third kappa shape index (κ3) is 3.54. The zero-order valence-electron chi connectivity index (χ0n) is 17.1. The fourth-order valence-corrected chi connectivity index (χ4v) is 4.47. The number of aromatic carboxylic acids is 1. The summed E-state index contributed by atoms with van der Waals surface area (Å²) in [4.78, 5) is 12.2. The summed E-state index contributed by atoms with van der Waals surface area (Å²) >= 11 is 0. The van der Waals surface area contributed by atoms with Crippen LogP contribution in [-0.2, 0) is 14.9 Å². The smallest absolute Gasteiger partial charge is 0.336 e. The van der Waals surface area contributed by atoms with Crippen LogP contribution >= 0.6 is 0 Å². The lowest BCUT2D eigenvalue weighted by atomic mass is 9.69. The number of hydrogen-bond acceptors (Lipinski definition) is 3. The third-order valence-electron chi connectivity index (χ3n) is 5.98. The molecule has 0 saturated carbocycles. The van der Waals surface area contributed by atoms with E-state index in [0.29, 0.717) is 5.56 Å². The Kier molecular flexibility index (Phi) is 5.15. The highest BCUT2D eigenvalue weighted by atomic mass is 16.7. The van der Waals surface area contributed by atoms with Crippen molar-refractivity contribution in [3.63, 3.8) is 0 Å². The van der Waals surface area contributed by atoms with Gasteiger partial charge in [-0.25, -0.2) is 4.79 Å². The molecule has 1 aliphatic rings. The Morgan fingerprint density at radius 3 is 2.59 bits per heavy atom. The number of carboxylic acid groups (broad SMARTS) is 1. The summed E-state index contributed by atoms with van der Waals surface area (Å²) in [5.74, 6) is -0.926. The van der Waals surface area contributed by atoms with Gasteiger partial charge in [-0.15, -0.1) is 0 Å². The van der Waals surface area contributed by atoms with Gasteiger partial charge in [0.1, 0.15) is 6.79 Å². The summed E-state index contributed by atoms with van der Waals surface area (Å²) in [6, 6.07) is 18.0. The van der Waals surface area contributed by atoms with Gasteiger partial charge in [0.15, 0.2) is 0 Å². The van der Waals surface area contributed by atoms with Crippen LogP contribution in [0, 0.1) is 0 Å². The number of methoxy groups -OCH3 is 1. The summed E-state index contributed by atoms with van der Waals surface area (Å²) in [6.07, 6.45) is 1.60. The lowest BCUT2D eigenvalue weighted by molar-refractivity contribution is -0.0806. The molecule has 0 spiro atoms. The van der Waals surface area contributed by atoms with E-state index in [9.17, 15) is 9.90 Å². The molecule has 0 heterocycles. The molecule has 0 radical (unpaired) electrons. The first kappa shape index (κ1) is 19.6. The van der Waals surface area contributed by atoms with Gasteiger partial charge in [0.2, 0.25) is 0 Å². The van der Waals surface area contributed by atoms with E-state index >= 15 is 0 Å². The summed E-state index contributed by atoms with van der Waals surface area (Å²) in [6.45, 7) is 4.60. The zero-order valence-corrected chi connectivity index (χ0v) is 17.1. The predicted molar refractivity (Wildman–Crippen MR) is 114 cm³/mol. The molecule has 0 aliphatic heterocycles. The number of carboxylic acids is 1. The molecule has 4 heteroatoms. The number of fused-ring (bicyclic) bond motifs is 2. The molecule has 0 aromatic heterocycles. The van der Waals surface area contributed by atoms with Gasteiger partial charge in [-0.05, 0) is 57.9 Å². The van der Waals surface area contributed by atoms with Crippen molar-refractivity contribution in [2.24, 2.45) is 0 Å². The molecule has 1 atom stereocenters. The van der Waals surface area contributed by atoms with Gasteiger partial charge < -0.3 is 14.6 Å². The Labute approximate surface area is 171 Å². The highest BCUT2D eigenvalue weighted by molar-refractivity contribution is 5.99. The summed E-state index contributed by atoms with van der Waals surface area (Å²) < 4.78 is 11.2. The number of benzene rings is 3. The van der Waals surface area contributed by atoms with Crippen LogP contribution in [0.15, 0.2) is 54.6 Å². The van der Waals surface area contributed by atoms with Crippen molar-refractivity contribution < 1.29 is 19.4 Å². The molecule has 29 heavy (non-hydrogen) atoms. The molecular weight excluding hydrogens is 364 g/mol. The van der Waals surface area contributed by atoms with E-state index in [0.717, 1.165) is 45.9 Å². The van der Waals surface area contributed by atoms with Crippen LogP contribution in [-0.4, -0.2) is 25.0 Å². The first-order valence-corrected chi connectivity index (χ1v) is 9.93. The fourth-order valence-electron chi connectivity index (χ4n) is 4.47. The highest BCUT2D eigenvalue weighted by Gasteiger charge is 2.36. The van der Waals surface area contributed by atoms with E-state index < -0.39 is 5.97 Å². The van der Waals surface area contributed by atoms with Gasteiger partial charge in [-0.3, -0.25) is 0 Å². The number of carbonyl (C=O) groups is 1. The van der Waals surface area contributed by atoms with Gasteiger partial charge in [0.05, 0.1) is 11.7 Å². The Balaban J connectivity index is 2.01. The molecule has 0 amide bonds. The molecule has 150 valence electrons. The van der Waals surface area contributed by atoms with Gasteiger partial charge >= 0.3 is 5.97 Å². The third-order valence-corrected chi connectivity index (χ3v) is 5.98. The first-order valence-electron chi connectivity index (χ1n) is 9.93. The number of hydrogen-bond donors (Lipinski definition) is 1. The van der Waals surface area contributed by atoms with E-state index in [4.69, 9.17) is 9.47 Å². The minimum absolute atomic E-state index is 0.0507. The monoisotopic (exact) mass is 390 g/mol. The van der Waals surface area contributed by atoms with Crippen LogP contribution < -0.4 is 0 Å². The van der Waals surface area contributed by atoms with Crippen LogP contribution in [0.2, 0.25) is 0 Å². The van der Waals surface area contributed by atoms with Crippen LogP contribution in [0.3, 0.4) is 0 Å². The van der Waals surface area contributed by atoms with E-state index in [1.807, 2.05) is 24.3 Å². The average Bonchev–Trinajstić information content (AvgIpc) is 2.72. The Morgan fingerprint density at radius 1 is 1.10 bits per heavy atom. The Morgan fingerprint density at radius 2 is 1.86 bits per heavy atom. The second-order valence-corrected chi connectivity index (χ2v) is 8.30. The molecular formula is C25H26O4. The van der Waals surface area contributed by atoms with Crippen molar-refractivity contribution in [2.45, 2.75) is 38.2 Å². The second-order valence-electron chi connectivity index (χ2n) is 8.30. The van der Waals surface area contributed by atoms with Gasteiger partial charge in [-0.1, -0.05) is 56.3 Å². The molecule has 3 aromatic carbocycles. The molecule has 1 aliphatic carbocycles. The largest absolute Gasteiger partial charge is 0.478 e. The molecule has 0 bridgehead atoms. The van der Waals surface area contributed by atoms with Crippen molar-refractivity contribution in [1.82, 2.24) is 0 Å². The van der Waals surface area contributed by atoms with Crippen LogP contribution in [0.25, 0.3) is 21.9 Å². The van der Waals surface area contributed by atoms with E-state index in [1.54, 1.807) is 13.2 Å². The van der Waals surface area contributed by atoms with Gasteiger partial charge in [-0.2, -0.15) is 0 Å². The van der Waals surface area contributed by atoms with E-state index in [1.165, 1.54) is 0 Å². The van der Waals surface area contributed by atoms with Crippen molar-refractivity contribution in [3.8, 4) is 11.1 Å². The van der Waals surface area contributed by atoms with Crippen molar-refractivity contribution in [2.75, 3.05) is 13.9 Å². The normalized spacial score (nSPS) is 17.8. The lowest BCUT2D eigenvalue weighted by Crippen LogP contribution is -2.29. The van der Waals surface area contributed by atoms with Crippen LogP contribution in [0.5, 0.6) is 0 Å². The molecule has 4 nitrogen and oxygen atoms in total. The van der Waals surface area contributed by atoms with Crippen LogP contribution in [0.4, 0.5) is 0 Å². The average molecular weight is 390 g/mol. The molecule has 0 saturated heterocycles. The topological polar surface area (TPSA) is 55.8 Å². The molecule has 1 N–H and O–H groups in total. The maximum Gasteiger partial charge on any atom is 0.336 e. The second kappa shape index (κ2) is 7.62. The molecule has 3 aromatic rings. The lowest BCUT2D eigenvalue weighted by Gasteiger charge is -2.38. The highest BCUT2D eigenvalue weighted by Crippen LogP contribution is 2.48. The Hall–Kier alpha value is -2.69. The summed E-state index contributed by atoms with van der Waals surface area (Å²) in [5.41, 5.74) is 4.05. The summed E-state index contributed by atoms with van der Waals surface area (Å²) in [5, 5.41) is 12.2. The zero-order chi connectivity index (χ0) is 20.6. The SMILES string of the molecule is COCOC1CCC(C)(C)c2ccc(C(=O)O)c(-c3ccc4ccccc4c3)c21. The molecule has 0 fully saturated rings. The minimum Gasteiger partial charge on any atom is -0.478 e. The van der Waals surface area contributed by atoms with E-state index in [-0.39, 0.29) is 18.3 Å². The quantitative estimate of drug-likeness (QED) is 0.548. The first-order chi connectivity index (χ1) is 13.9. The predicted octanol–water partition coefficient (Wildman–Crippen LogP) is 5.94. The van der Waals surface area contributed by atoms with Gasteiger partial charge in [0, 0.05) is 12.7 Å². The maximum absolute atomic E-state index is 12.2. The Bertz CT molecular complexity index is 1070. The minimum atomic E-state index is -0.926. The van der Waals surface area contributed by atoms with Gasteiger partial charge in [0.25, 0.3) is 0 Å². The molecule has 1 unspecified atom stereocenters. The standard InChI is InChI=1S/C25H26O4/c1-25(2)13-12-21(29-15-28-3)23-20(25)11-10-19(24(26)27)22(23)18-9-8-16-6-4-5-7-17(16)14-18/h4-11,14,21H,12-13,15H2,1-3H3,(H,26,27). The van der Waals surface area contributed by atoms with Crippen molar-refractivity contribution >= 4 is 16.7 Å². The maximum atomic E-state index is 12.2. The number of rotatable bonds is 5. The van der Waals surface area contributed by atoms with Crippen molar-refractivity contribution in [1.29, 1.82) is 0 Å². The van der Waals surface area contributed by atoms with Crippen molar-refractivity contribution in [3.05, 3.63) is 71.3 Å². The fraction of sp³-hybridized carbons (Fsp3) is 0.320.